The Hall–Kier alpha value is -2.10. The molecule has 0 aromatic rings. The third kappa shape index (κ3) is 4.95. The van der Waals surface area contributed by atoms with E-state index in [-0.39, 0.29) is 5.75 Å². The Kier molecular flexibility index (Phi) is 4.48. The van der Waals surface area contributed by atoms with Crippen LogP contribution < -0.4 is 11.1 Å². The molecular formula is C9H13N3O6S. The molecule has 1 heterocycles. The number of primary amides is 1. The minimum Gasteiger partial charge on any atom is -0.480 e. The van der Waals surface area contributed by atoms with E-state index in [4.69, 9.17) is 10.8 Å². The predicted octanol–water partition coefficient (Wildman–Crippen LogP) is -2.12. The van der Waals surface area contributed by atoms with E-state index >= 15 is 0 Å². The van der Waals surface area contributed by atoms with Gasteiger partial charge in [-0.2, -0.15) is 0 Å². The normalized spacial score (nSPS) is 19.9. The maximum atomic E-state index is 11.7. The summed E-state index contributed by atoms with van der Waals surface area (Å²) in [4.78, 5) is 33.7. The van der Waals surface area contributed by atoms with Crippen LogP contribution in [0.15, 0.2) is 11.5 Å². The number of nitrogens with two attached hydrogens (primary N) is 1. The van der Waals surface area contributed by atoms with Gasteiger partial charge in [0.2, 0.25) is 5.91 Å². The van der Waals surface area contributed by atoms with Crippen molar-refractivity contribution >= 4 is 27.7 Å². The van der Waals surface area contributed by atoms with Gasteiger partial charge in [-0.25, -0.2) is 13.2 Å². The number of hydrogen-bond acceptors (Lipinski definition) is 5. The number of carbonyl (C=O) groups is 3. The monoisotopic (exact) mass is 291 g/mol. The molecule has 9 nitrogen and oxygen atoms in total. The van der Waals surface area contributed by atoms with Crippen LogP contribution in [0.2, 0.25) is 0 Å². The minimum atomic E-state index is -3.33. The second kappa shape index (κ2) is 5.69. The summed E-state index contributed by atoms with van der Waals surface area (Å²) in [5.74, 6) is -2.48. The Bertz CT molecular complexity index is 510. The molecular weight excluding hydrogens is 278 g/mol. The summed E-state index contributed by atoms with van der Waals surface area (Å²) in [6, 6.07) is -1.62. The lowest BCUT2D eigenvalue weighted by molar-refractivity contribution is -0.137. The first-order valence-corrected chi connectivity index (χ1v) is 6.87. The fraction of sp³-hybridized carbons (Fsp3) is 0.444. The number of hydrogen-bond donors (Lipinski definition) is 3. The number of sulfone groups is 1. The molecule has 4 N–H and O–H groups in total. The standard InChI is InChI=1S/C9H13N3O6S/c10-7(13)3-12(4-8(14)15)9(16)11-6-1-2-19(17,18)5-6/h1-2,6H,3-5H2,(H2,10,13)(H,11,16)(H,14,15). The molecule has 0 radical (unpaired) electrons. The van der Waals surface area contributed by atoms with Crippen LogP contribution in [0.25, 0.3) is 0 Å². The SMILES string of the molecule is NC(=O)CN(CC(=O)O)C(=O)NC1C=CS(=O)(=O)C1. The molecule has 1 aliphatic heterocycles. The van der Waals surface area contributed by atoms with Gasteiger partial charge in [-0.3, -0.25) is 9.59 Å². The van der Waals surface area contributed by atoms with Crippen LogP contribution in [-0.2, 0) is 19.4 Å². The Labute approximate surface area is 109 Å². The molecule has 0 saturated carbocycles. The highest BCUT2D eigenvalue weighted by atomic mass is 32.2. The van der Waals surface area contributed by atoms with Crippen LogP contribution in [0.5, 0.6) is 0 Å². The van der Waals surface area contributed by atoms with E-state index in [1.54, 1.807) is 0 Å². The number of aliphatic carboxylic acids is 1. The Balaban J connectivity index is 2.64. The van der Waals surface area contributed by atoms with E-state index in [0.717, 1.165) is 5.41 Å². The van der Waals surface area contributed by atoms with Crippen molar-refractivity contribution in [3.05, 3.63) is 11.5 Å². The molecule has 3 amide bonds. The number of urea groups is 1. The molecule has 0 bridgehead atoms. The first kappa shape index (κ1) is 15.0. The van der Waals surface area contributed by atoms with Crippen molar-refractivity contribution < 1.29 is 27.9 Å². The molecule has 106 valence electrons. The molecule has 1 rings (SSSR count). The highest BCUT2D eigenvalue weighted by Gasteiger charge is 2.26. The number of carboxylic acids is 1. The minimum absolute atomic E-state index is 0.295. The first-order chi connectivity index (χ1) is 8.69. The summed E-state index contributed by atoms with van der Waals surface area (Å²) in [6.45, 7) is -1.28. The lowest BCUT2D eigenvalue weighted by Gasteiger charge is -2.21. The number of nitrogens with one attached hydrogen (secondary N) is 1. The lowest BCUT2D eigenvalue weighted by atomic mass is 10.3. The molecule has 0 aliphatic carbocycles. The summed E-state index contributed by atoms with van der Waals surface area (Å²) in [5.41, 5.74) is 4.89. The van der Waals surface area contributed by atoms with Gasteiger partial charge in [0, 0.05) is 5.41 Å². The van der Waals surface area contributed by atoms with Gasteiger partial charge in [0.1, 0.15) is 13.1 Å². The van der Waals surface area contributed by atoms with Crippen LogP contribution in [0.1, 0.15) is 0 Å². The van der Waals surface area contributed by atoms with Crippen molar-refractivity contribution in [2.24, 2.45) is 5.73 Å². The van der Waals surface area contributed by atoms with Crippen LogP contribution in [0.3, 0.4) is 0 Å². The molecule has 1 atom stereocenters. The summed E-state index contributed by atoms with van der Waals surface area (Å²) < 4.78 is 22.3. The van der Waals surface area contributed by atoms with Gasteiger partial charge in [-0.1, -0.05) is 0 Å². The van der Waals surface area contributed by atoms with Crippen LogP contribution in [0, 0.1) is 0 Å². The Morgan fingerprint density at radius 3 is 2.42 bits per heavy atom. The molecule has 0 spiro atoms. The van der Waals surface area contributed by atoms with Crippen molar-refractivity contribution in [3.8, 4) is 0 Å². The summed E-state index contributed by atoms with van der Waals surface area (Å²) in [5, 5.41) is 11.9. The van der Waals surface area contributed by atoms with Gasteiger partial charge in [0.25, 0.3) is 0 Å². The van der Waals surface area contributed by atoms with Gasteiger partial charge < -0.3 is 21.1 Å². The summed E-state index contributed by atoms with van der Waals surface area (Å²) in [7, 11) is -3.33. The average molecular weight is 291 g/mol. The average Bonchev–Trinajstić information content (AvgIpc) is 2.55. The van der Waals surface area contributed by atoms with Gasteiger partial charge in [0.15, 0.2) is 9.84 Å². The van der Waals surface area contributed by atoms with Gasteiger partial charge >= 0.3 is 12.0 Å². The number of rotatable bonds is 5. The number of amides is 3. The Morgan fingerprint density at radius 2 is 2.00 bits per heavy atom. The van der Waals surface area contributed by atoms with Crippen molar-refractivity contribution in [2.45, 2.75) is 6.04 Å². The zero-order valence-electron chi connectivity index (χ0n) is 9.77. The fourth-order valence-corrected chi connectivity index (χ4v) is 2.70. The number of carbonyl (C=O) groups excluding carboxylic acids is 2. The van der Waals surface area contributed by atoms with Gasteiger partial charge in [0.05, 0.1) is 11.8 Å². The van der Waals surface area contributed by atoms with E-state index in [1.807, 2.05) is 0 Å². The molecule has 19 heavy (non-hydrogen) atoms. The lowest BCUT2D eigenvalue weighted by Crippen LogP contribution is -2.49. The van der Waals surface area contributed by atoms with E-state index in [1.165, 1.54) is 6.08 Å². The third-order valence-corrected chi connectivity index (χ3v) is 3.59. The third-order valence-electron chi connectivity index (χ3n) is 2.20. The van der Waals surface area contributed by atoms with Gasteiger partial charge in [-0.05, 0) is 6.08 Å². The molecule has 1 aliphatic rings. The largest absolute Gasteiger partial charge is 0.480 e. The van der Waals surface area contributed by atoms with E-state index < -0.39 is 46.9 Å². The van der Waals surface area contributed by atoms with Crippen molar-refractivity contribution in [1.29, 1.82) is 0 Å². The predicted molar refractivity (Wildman–Crippen MR) is 63.6 cm³/mol. The zero-order valence-corrected chi connectivity index (χ0v) is 10.6. The van der Waals surface area contributed by atoms with Crippen molar-refractivity contribution in [3.63, 3.8) is 0 Å². The molecule has 1 unspecified atom stereocenters. The smallest absolute Gasteiger partial charge is 0.323 e. The highest BCUT2D eigenvalue weighted by molar-refractivity contribution is 7.94. The van der Waals surface area contributed by atoms with Crippen LogP contribution in [0.4, 0.5) is 4.79 Å². The van der Waals surface area contributed by atoms with Gasteiger partial charge in [-0.15, -0.1) is 0 Å². The molecule has 0 aromatic carbocycles. The number of carboxylic acid groups (broad SMARTS) is 1. The van der Waals surface area contributed by atoms with Crippen molar-refractivity contribution in [2.75, 3.05) is 18.8 Å². The summed E-state index contributed by atoms with van der Waals surface area (Å²) in [6.07, 6.45) is 1.27. The second-order valence-corrected chi connectivity index (χ2v) is 5.86. The topological polar surface area (TPSA) is 147 Å². The molecule has 0 fully saturated rings. The molecule has 0 aromatic heterocycles. The second-order valence-electron chi connectivity index (χ2n) is 3.93. The van der Waals surface area contributed by atoms with Crippen LogP contribution in [-0.4, -0.2) is 61.2 Å². The molecule has 0 saturated heterocycles. The highest BCUT2D eigenvalue weighted by Crippen LogP contribution is 2.08. The van der Waals surface area contributed by atoms with Crippen molar-refractivity contribution in [1.82, 2.24) is 10.2 Å². The summed E-state index contributed by atoms with van der Waals surface area (Å²) >= 11 is 0. The number of nitrogens with zero attached hydrogens (tertiary/aromatic N) is 1. The van der Waals surface area contributed by atoms with E-state index in [2.05, 4.69) is 5.32 Å². The first-order valence-electron chi connectivity index (χ1n) is 5.16. The van der Waals surface area contributed by atoms with E-state index in [0.29, 0.717) is 4.90 Å². The maximum Gasteiger partial charge on any atom is 0.323 e. The van der Waals surface area contributed by atoms with Crippen LogP contribution >= 0.6 is 0 Å². The molecule has 10 heteroatoms. The zero-order chi connectivity index (χ0) is 14.6. The fourth-order valence-electron chi connectivity index (χ4n) is 1.47. The quantitative estimate of drug-likeness (QED) is 0.527. The van der Waals surface area contributed by atoms with E-state index in [9.17, 15) is 22.8 Å². The Morgan fingerprint density at radius 1 is 1.37 bits per heavy atom. The maximum absolute atomic E-state index is 11.7.